The van der Waals surface area contributed by atoms with Gasteiger partial charge in [0.05, 0.1) is 6.10 Å². The van der Waals surface area contributed by atoms with Crippen LogP contribution in [0.3, 0.4) is 0 Å². The van der Waals surface area contributed by atoms with E-state index in [1.165, 1.54) is 0 Å². The molecule has 0 amide bonds. The van der Waals surface area contributed by atoms with Gasteiger partial charge in [-0.1, -0.05) is 18.2 Å². The molecule has 0 unspecified atom stereocenters. The number of aliphatic imine (C=N–C) groups is 1. The molecule has 0 saturated carbocycles. The van der Waals surface area contributed by atoms with Crippen molar-refractivity contribution >= 4 is 22.6 Å². The summed E-state index contributed by atoms with van der Waals surface area (Å²) in [6.07, 6.45) is 0.150. The maximum absolute atomic E-state index is 5.98. The average molecular weight is 337 g/mol. The fourth-order valence-electron chi connectivity index (χ4n) is 2.61. The first-order valence-electron chi connectivity index (χ1n) is 8.33. The van der Waals surface area contributed by atoms with Crippen LogP contribution < -0.4 is 15.8 Å². The number of aryl methyl sites for hydroxylation is 1. The lowest BCUT2D eigenvalue weighted by Gasteiger charge is -2.10. The normalized spacial score (nSPS) is 11.9. The number of nitrogens with zero attached hydrogens (tertiary/aromatic N) is 1. The highest BCUT2D eigenvalue weighted by Gasteiger charge is 2.09. The van der Waals surface area contributed by atoms with Crippen molar-refractivity contribution in [3.05, 3.63) is 59.9 Å². The van der Waals surface area contributed by atoms with Crippen LogP contribution in [0.15, 0.2) is 57.9 Å². The Bertz CT molecular complexity index is 880. The first-order chi connectivity index (χ1) is 12.0. The Hall–Kier alpha value is -2.95. The molecule has 2 aromatic carbocycles. The van der Waals surface area contributed by atoms with Crippen molar-refractivity contribution in [3.63, 3.8) is 0 Å². The standard InChI is InChI=1S/C20H23N3O2/c1-13(2)24-16-10-8-15(9-11-16)23-20(21)22-12-19-14(3)17-6-4-5-7-18(17)25-19/h4-11,13H,12H2,1-3H3,(H3,21,22,23). The molecule has 0 fully saturated rings. The minimum absolute atomic E-state index is 0.150. The molecule has 0 aliphatic heterocycles. The van der Waals surface area contributed by atoms with Crippen LogP contribution in [0.2, 0.25) is 0 Å². The lowest BCUT2D eigenvalue weighted by molar-refractivity contribution is 0.242. The molecule has 3 rings (SSSR count). The number of guanidine groups is 1. The van der Waals surface area contributed by atoms with Gasteiger partial charge in [-0.2, -0.15) is 0 Å². The van der Waals surface area contributed by atoms with Crippen molar-refractivity contribution in [3.8, 4) is 5.75 Å². The summed E-state index contributed by atoms with van der Waals surface area (Å²) >= 11 is 0. The number of anilines is 1. The predicted molar refractivity (Wildman–Crippen MR) is 102 cm³/mol. The zero-order valence-electron chi connectivity index (χ0n) is 14.7. The second kappa shape index (κ2) is 7.30. The number of nitrogens with one attached hydrogen (secondary N) is 1. The van der Waals surface area contributed by atoms with Gasteiger partial charge in [0.15, 0.2) is 5.96 Å². The van der Waals surface area contributed by atoms with Crippen LogP contribution in [0, 0.1) is 6.92 Å². The molecule has 0 saturated heterocycles. The van der Waals surface area contributed by atoms with Crippen LogP contribution in [-0.4, -0.2) is 12.1 Å². The molecule has 0 aliphatic carbocycles. The summed E-state index contributed by atoms with van der Waals surface area (Å²) in [6, 6.07) is 15.6. The van der Waals surface area contributed by atoms with Gasteiger partial charge in [-0.25, -0.2) is 4.99 Å². The van der Waals surface area contributed by atoms with Crippen molar-refractivity contribution in [2.24, 2.45) is 10.7 Å². The van der Waals surface area contributed by atoms with Crippen molar-refractivity contribution < 1.29 is 9.15 Å². The van der Waals surface area contributed by atoms with Gasteiger partial charge in [0, 0.05) is 16.6 Å². The van der Waals surface area contributed by atoms with E-state index in [2.05, 4.69) is 10.3 Å². The molecule has 5 heteroatoms. The maximum atomic E-state index is 5.98. The van der Waals surface area contributed by atoms with Crippen LogP contribution in [0.5, 0.6) is 5.75 Å². The van der Waals surface area contributed by atoms with E-state index in [1.807, 2.05) is 69.3 Å². The molecule has 0 atom stereocenters. The van der Waals surface area contributed by atoms with E-state index in [1.54, 1.807) is 0 Å². The van der Waals surface area contributed by atoms with E-state index in [4.69, 9.17) is 14.9 Å². The maximum Gasteiger partial charge on any atom is 0.193 e. The van der Waals surface area contributed by atoms with Gasteiger partial charge in [0.2, 0.25) is 0 Å². The average Bonchev–Trinajstić information content (AvgIpc) is 2.91. The Morgan fingerprint density at radius 1 is 1.16 bits per heavy atom. The number of fused-ring (bicyclic) bond motifs is 1. The molecule has 25 heavy (non-hydrogen) atoms. The molecule has 0 spiro atoms. The largest absolute Gasteiger partial charge is 0.491 e. The third-order valence-electron chi connectivity index (χ3n) is 3.83. The smallest absolute Gasteiger partial charge is 0.193 e. The molecular formula is C20H23N3O2. The van der Waals surface area contributed by atoms with Crippen molar-refractivity contribution in [1.82, 2.24) is 0 Å². The van der Waals surface area contributed by atoms with Crippen molar-refractivity contribution in [2.45, 2.75) is 33.4 Å². The van der Waals surface area contributed by atoms with Crippen LogP contribution in [0.4, 0.5) is 5.69 Å². The van der Waals surface area contributed by atoms with E-state index >= 15 is 0 Å². The van der Waals surface area contributed by atoms with Crippen molar-refractivity contribution in [1.29, 1.82) is 0 Å². The minimum Gasteiger partial charge on any atom is -0.491 e. The molecule has 3 N–H and O–H groups in total. The zero-order chi connectivity index (χ0) is 17.8. The van der Waals surface area contributed by atoms with Crippen LogP contribution in [0.25, 0.3) is 11.0 Å². The molecule has 1 heterocycles. The third kappa shape index (κ3) is 4.12. The number of nitrogens with two attached hydrogens (primary N) is 1. The van der Waals surface area contributed by atoms with Gasteiger partial charge in [-0.3, -0.25) is 0 Å². The van der Waals surface area contributed by atoms with Gasteiger partial charge in [-0.05, 0) is 51.1 Å². The number of hydrogen-bond acceptors (Lipinski definition) is 3. The summed E-state index contributed by atoms with van der Waals surface area (Å²) in [7, 11) is 0. The number of hydrogen-bond donors (Lipinski definition) is 2. The molecule has 5 nitrogen and oxygen atoms in total. The number of benzene rings is 2. The first kappa shape index (κ1) is 16.9. The lowest BCUT2D eigenvalue weighted by atomic mass is 10.1. The number of ether oxygens (including phenoxy) is 1. The summed E-state index contributed by atoms with van der Waals surface area (Å²) < 4.78 is 11.5. The summed E-state index contributed by atoms with van der Waals surface area (Å²) in [5.41, 5.74) is 8.81. The van der Waals surface area contributed by atoms with Gasteiger partial charge >= 0.3 is 0 Å². The number of para-hydroxylation sites is 1. The van der Waals surface area contributed by atoms with E-state index < -0.39 is 0 Å². The molecular weight excluding hydrogens is 314 g/mol. The lowest BCUT2D eigenvalue weighted by Crippen LogP contribution is -2.22. The second-order valence-corrected chi connectivity index (χ2v) is 6.16. The fourth-order valence-corrected chi connectivity index (χ4v) is 2.61. The van der Waals surface area contributed by atoms with E-state index in [0.29, 0.717) is 12.5 Å². The highest BCUT2D eigenvalue weighted by atomic mass is 16.5. The summed E-state index contributed by atoms with van der Waals surface area (Å²) in [6.45, 7) is 6.43. The van der Waals surface area contributed by atoms with E-state index in [9.17, 15) is 0 Å². The number of rotatable bonds is 5. The Balaban J connectivity index is 1.66. The van der Waals surface area contributed by atoms with Gasteiger partial charge in [0.1, 0.15) is 23.6 Å². The molecule has 0 radical (unpaired) electrons. The Morgan fingerprint density at radius 2 is 1.88 bits per heavy atom. The molecule has 3 aromatic rings. The molecule has 0 bridgehead atoms. The van der Waals surface area contributed by atoms with E-state index in [-0.39, 0.29) is 6.10 Å². The van der Waals surface area contributed by atoms with Gasteiger partial charge in [-0.15, -0.1) is 0 Å². The molecule has 1 aromatic heterocycles. The predicted octanol–water partition coefficient (Wildman–Crippen LogP) is 4.46. The molecule has 130 valence electrons. The van der Waals surface area contributed by atoms with Crippen LogP contribution in [-0.2, 0) is 6.54 Å². The van der Waals surface area contributed by atoms with Crippen LogP contribution >= 0.6 is 0 Å². The first-order valence-corrected chi connectivity index (χ1v) is 8.33. The minimum atomic E-state index is 0.150. The summed E-state index contributed by atoms with van der Waals surface area (Å²) in [4.78, 5) is 4.37. The fraction of sp³-hybridized carbons (Fsp3) is 0.250. The SMILES string of the molecule is Cc1c(CN=C(N)Nc2ccc(OC(C)C)cc2)oc2ccccc12. The van der Waals surface area contributed by atoms with Crippen LogP contribution in [0.1, 0.15) is 25.2 Å². The zero-order valence-corrected chi connectivity index (χ0v) is 14.7. The highest BCUT2D eigenvalue weighted by molar-refractivity contribution is 5.92. The topological polar surface area (TPSA) is 72.8 Å². The van der Waals surface area contributed by atoms with Gasteiger partial charge < -0.3 is 20.2 Å². The summed E-state index contributed by atoms with van der Waals surface area (Å²) in [5, 5.41) is 4.19. The summed E-state index contributed by atoms with van der Waals surface area (Å²) in [5.74, 6) is 2.00. The Morgan fingerprint density at radius 3 is 2.56 bits per heavy atom. The van der Waals surface area contributed by atoms with Crippen molar-refractivity contribution in [2.75, 3.05) is 5.32 Å². The van der Waals surface area contributed by atoms with E-state index in [0.717, 1.165) is 33.7 Å². The second-order valence-electron chi connectivity index (χ2n) is 6.16. The highest BCUT2D eigenvalue weighted by Crippen LogP contribution is 2.25. The Labute approximate surface area is 147 Å². The molecule has 0 aliphatic rings. The Kier molecular flexibility index (Phi) is 4.93. The van der Waals surface area contributed by atoms with Gasteiger partial charge in [0.25, 0.3) is 0 Å². The number of furan rings is 1. The monoisotopic (exact) mass is 337 g/mol. The third-order valence-corrected chi connectivity index (χ3v) is 3.83. The quantitative estimate of drug-likeness (QED) is 0.533.